The van der Waals surface area contributed by atoms with Crippen molar-refractivity contribution in [2.45, 2.75) is 19.8 Å². The predicted octanol–water partition coefficient (Wildman–Crippen LogP) is 5.13. The minimum Gasteiger partial charge on any atom is -0.494 e. The van der Waals surface area contributed by atoms with Gasteiger partial charge in [-0.1, -0.05) is 25.5 Å². The summed E-state index contributed by atoms with van der Waals surface area (Å²) in [5.41, 5.74) is 0.996. The number of ether oxygens (including phenoxy) is 1. The van der Waals surface area contributed by atoms with Crippen LogP contribution in [-0.4, -0.2) is 16.6 Å². The summed E-state index contributed by atoms with van der Waals surface area (Å²) in [5.74, 6) is 2.54. The molecule has 4 nitrogen and oxygen atoms in total. The molecule has 4 heteroatoms. The van der Waals surface area contributed by atoms with E-state index in [1.165, 1.54) is 0 Å². The second kappa shape index (κ2) is 8.11. The first kappa shape index (κ1) is 16.0. The SMILES string of the molecule is CCCCOc1ccc(N(c2ccccn2)c2ccccn2)cc1. The molecule has 24 heavy (non-hydrogen) atoms. The maximum Gasteiger partial charge on any atom is 0.138 e. The van der Waals surface area contributed by atoms with Gasteiger partial charge < -0.3 is 4.74 Å². The molecule has 0 saturated carbocycles. The summed E-state index contributed by atoms with van der Waals surface area (Å²) in [6, 6.07) is 19.8. The molecule has 1 aromatic carbocycles. The molecule has 0 amide bonds. The Labute approximate surface area is 142 Å². The monoisotopic (exact) mass is 319 g/mol. The maximum atomic E-state index is 5.74. The third kappa shape index (κ3) is 3.90. The Morgan fingerprint density at radius 1 is 0.833 bits per heavy atom. The Balaban J connectivity index is 1.89. The van der Waals surface area contributed by atoms with Gasteiger partial charge in [0.05, 0.1) is 6.61 Å². The fraction of sp³-hybridized carbons (Fsp3) is 0.200. The summed E-state index contributed by atoms with van der Waals surface area (Å²) in [4.78, 5) is 11.0. The van der Waals surface area contributed by atoms with Gasteiger partial charge in [0, 0.05) is 18.1 Å². The van der Waals surface area contributed by atoms with E-state index in [9.17, 15) is 0 Å². The highest BCUT2D eigenvalue weighted by Gasteiger charge is 2.14. The van der Waals surface area contributed by atoms with Gasteiger partial charge in [0.1, 0.15) is 17.4 Å². The molecule has 0 spiro atoms. The zero-order chi connectivity index (χ0) is 16.6. The fourth-order valence-corrected chi connectivity index (χ4v) is 2.38. The molecule has 0 bridgehead atoms. The van der Waals surface area contributed by atoms with Crippen LogP contribution >= 0.6 is 0 Å². The lowest BCUT2D eigenvalue weighted by Crippen LogP contribution is -2.12. The van der Waals surface area contributed by atoms with Crippen LogP contribution in [-0.2, 0) is 0 Å². The average Bonchev–Trinajstić information content (AvgIpc) is 2.65. The molecule has 3 aromatic rings. The van der Waals surface area contributed by atoms with Crippen molar-refractivity contribution >= 4 is 17.3 Å². The Morgan fingerprint density at radius 2 is 1.46 bits per heavy atom. The molecule has 0 aliphatic heterocycles. The minimum atomic E-state index is 0.750. The van der Waals surface area contributed by atoms with Gasteiger partial charge in [-0.2, -0.15) is 0 Å². The predicted molar refractivity (Wildman–Crippen MR) is 97.1 cm³/mol. The van der Waals surface area contributed by atoms with E-state index in [-0.39, 0.29) is 0 Å². The van der Waals surface area contributed by atoms with Gasteiger partial charge in [0.15, 0.2) is 0 Å². The smallest absolute Gasteiger partial charge is 0.138 e. The van der Waals surface area contributed by atoms with Crippen LogP contribution in [0, 0.1) is 0 Å². The third-order valence-electron chi connectivity index (χ3n) is 3.62. The Kier molecular flexibility index (Phi) is 5.40. The molecule has 2 heterocycles. The second-order valence-electron chi connectivity index (χ2n) is 5.41. The van der Waals surface area contributed by atoms with Crippen LogP contribution in [0.4, 0.5) is 17.3 Å². The van der Waals surface area contributed by atoms with Crippen molar-refractivity contribution < 1.29 is 4.74 Å². The number of nitrogens with zero attached hydrogens (tertiary/aromatic N) is 3. The van der Waals surface area contributed by atoms with Crippen LogP contribution in [0.3, 0.4) is 0 Å². The third-order valence-corrected chi connectivity index (χ3v) is 3.62. The van der Waals surface area contributed by atoms with Crippen molar-refractivity contribution in [2.75, 3.05) is 11.5 Å². The van der Waals surface area contributed by atoms with E-state index < -0.39 is 0 Å². The number of pyridine rings is 2. The van der Waals surface area contributed by atoms with Gasteiger partial charge in [-0.15, -0.1) is 0 Å². The molecule has 0 atom stereocenters. The molecule has 0 N–H and O–H groups in total. The van der Waals surface area contributed by atoms with E-state index in [0.29, 0.717) is 0 Å². The largest absolute Gasteiger partial charge is 0.494 e. The summed E-state index contributed by atoms with van der Waals surface area (Å²) >= 11 is 0. The van der Waals surface area contributed by atoms with Crippen LogP contribution in [0.15, 0.2) is 73.1 Å². The number of anilines is 3. The first-order valence-corrected chi connectivity index (χ1v) is 8.23. The maximum absolute atomic E-state index is 5.74. The van der Waals surface area contributed by atoms with Crippen molar-refractivity contribution in [1.29, 1.82) is 0 Å². The summed E-state index contributed by atoms with van der Waals surface area (Å²) in [7, 11) is 0. The standard InChI is InChI=1S/C20H21N3O/c1-2-3-16-24-18-12-10-17(11-13-18)23(19-8-4-6-14-21-19)20-9-5-7-15-22-20/h4-15H,2-3,16H2,1H3. The van der Waals surface area contributed by atoms with E-state index in [1.807, 2.05) is 65.6 Å². The van der Waals surface area contributed by atoms with Crippen LogP contribution in [0.1, 0.15) is 19.8 Å². The molecule has 122 valence electrons. The summed E-state index contributed by atoms with van der Waals surface area (Å²) < 4.78 is 5.74. The van der Waals surface area contributed by atoms with Gasteiger partial charge in [0.2, 0.25) is 0 Å². The van der Waals surface area contributed by atoms with Gasteiger partial charge >= 0.3 is 0 Å². The van der Waals surface area contributed by atoms with Crippen molar-refractivity contribution in [3.8, 4) is 5.75 Å². The lowest BCUT2D eigenvalue weighted by Gasteiger charge is -2.23. The lowest BCUT2D eigenvalue weighted by molar-refractivity contribution is 0.309. The van der Waals surface area contributed by atoms with Crippen molar-refractivity contribution in [3.05, 3.63) is 73.1 Å². The van der Waals surface area contributed by atoms with Crippen LogP contribution in [0.25, 0.3) is 0 Å². The second-order valence-corrected chi connectivity index (χ2v) is 5.41. The summed E-state index contributed by atoms with van der Waals surface area (Å²) in [5, 5.41) is 0. The van der Waals surface area contributed by atoms with E-state index in [1.54, 1.807) is 12.4 Å². The molecule has 0 radical (unpaired) electrons. The normalized spacial score (nSPS) is 10.4. The summed E-state index contributed by atoms with van der Waals surface area (Å²) in [6.45, 7) is 2.91. The van der Waals surface area contributed by atoms with E-state index in [2.05, 4.69) is 16.9 Å². The first-order chi connectivity index (χ1) is 11.9. The molecular formula is C20H21N3O. The van der Waals surface area contributed by atoms with Crippen LogP contribution in [0.5, 0.6) is 5.75 Å². The van der Waals surface area contributed by atoms with E-state index >= 15 is 0 Å². The molecule has 0 saturated heterocycles. The number of benzene rings is 1. The first-order valence-electron chi connectivity index (χ1n) is 8.23. The highest BCUT2D eigenvalue weighted by Crippen LogP contribution is 2.32. The molecule has 0 aliphatic carbocycles. The fourth-order valence-electron chi connectivity index (χ4n) is 2.38. The lowest BCUT2D eigenvalue weighted by atomic mass is 10.2. The van der Waals surface area contributed by atoms with Crippen molar-refractivity contribution in [1.82, 2.24) is 9.97 Å². The number of aromatic nitrogens is 2. The zero-order valence-electron chi connectivity index (χ0n) is 13.8. The van der Waals surface area contributed by atoms with Gasteiger partial charge in [-0.05, 0) is 55.0 Å². The van der Waals surface area contributed by atoms with Crippen molar-refractivity contribution in [3.63, 3.8) is 0 Å². The Hall–Kier alpha value is -2.88. The number of hydrogen-bond donors (Lipinski definition) is 0. The number of hydrogen-bond acceptors (Lipinski definition) is 4. The minimum absolute atomic E-state index is 0.750. The average molecular weight is 319 g/mol. The molecule has 0 unspecified atom stereocenters. The highest BCUT2D eigenvalue weighted by molar-refractivity contribution is 5.72. The van der Waals surface area contributed by atoms with Crippen LogP contribution < -0.4 is 9.64 Å². The highest BCUT2D eigenvalue weighted by atomic mass is 16.5. The van der Waals surface area contributed by atoms with Gasteiger partial charge in [-0.25, -0.2) is 9.97 Å². The van der Waals surface area contributed by atoms with E-state index in [0.717, 1.165) is 42.5 Å². The Bertz CT molecular complexity index is 690. The van der Waals surface area contributed by atoms with Crippen LogP contribution in [0.2, 0.25) is 0 Å². The molecule has 2 aromatic heterocycles. The molecule has 0 fully saturated rings. The summed E-state index contributed by atoms with van der Waals surface area (Å²) in [6.07, 6.45) is 5.77. The number of unbranched alkanes of at least 4 members (excludes halogenated alkanes) is 1. The van der Waals surface area contributed by atoms with E-state index in [4.69, 9.17) is 4.74 Å². The number of rotatable bonds is 7. The Morgan fingerprint density at radius 3 is 1.96 bits per heavy atom. The topological polar surface area (TPSA) is 38.2 Å². The quantitative estimate of drug-likeness (QED) is 0.566. The van der Waals surface area contributed by atoms with Gasteiger partial charge in [-0.3, -0.25) is 4.90 Å². The molecular weight excluding hydrogens is 298 g/mol. The van der Waals surface area contributed by atoms with Crippen molar-refractivity contribution in [2.24, 2.45) is 0 Å². The molecule has 3 rings (SSSR count). The van der Waals surface area contributed by atoms with Gasteiger partial charge in [0.25, 0.3) is 0 Å². The molecule has 0 aliphatic rings. The zero-order valence-corrected chi connectivity index (χ0v) is 13.8.